The van der Waals surface area contributed by atoms with E-state index < -0.39 is 0 Å². The molecule has 0 aromatic rings. The van der Waals surface area contributed by atoms with E-state index in [1.54, 1.807) is 0 Å². The van der Waals surface area contributed by atoms with Crippen molar-refractivity contribution in [3.05, 3.63) is 0 Å². The topological polar surface area (TPSA) is 0 Å². The smallest absolute Gasteiger partial charge is 0.153 e. The zero-order valence-corrected chi connectivity index (χ0v) is 15.3. The van der Waals surface area contributed by atoms with Crippen LogP contribution in [0.25, 0.3) is 0 Å². The Labute approximate surface area is 99.8 Å². The summed E-state index contributed by atoms with van der Waals surface area (Å²) in [5.41, 5.74) is 0. The third-order valence-corrected chi connectivity index (χ3v) is 0. The van der Waals surface area contributed by atoms with E-state index in [1.807, 2.05) is 0 Å². The maximum absolute atomic E-state index is 0. The molecule has 0 aliphatic rings. The summed E-state index contributed by atoms with van der Waals surface area (Å²) in [5.74, 6) is 0. The summed E-state index contributed by atoms with van der Waals surface area (Å²) in [4.78, 5) is 0. The largest absolute Gasteiger partial charge is 0.316 e. The van der Waals surface area contributed by atoms with Crippen LogP contribution in [0.2, 0.25) is 0 Å². The van der Waals surface area contributed by atoms with E-state index in [2.05, 4.69) is 0 Å². The Balaban J connectivity index is 0. The Morgan fingerprint density at radius 1 is 0.500 bits per heavy atom. The molecule has 26 valence electrons. The molecule has 0 fully saturated rings. The fraction of sp³-hybridized carbons (Fsp3) is 0. The Bertz CT molecular complexity index is 8.75. The van der Waals surface area contributed by atoms with Gasteiger partial charge in [0, 0.05) is 58.4 Å². The third kappa shape index (κ3) is 25.9. The number of hydrogen-bond acceptors (Lipinski definition) is 0. The van der Waals surface area contributed by atoms with E-state index in [1.165, 1.54) is 0 Å². The minimum atomic E-state index is 0. The average molecular weight is 290 g/mol. The Morgan fingerprint density at radius 2 is 0.500 bits per heavy atom. The summed E-state index contributed by atoms with van der Waals surface area (Å²) >= 11 is 0. The first-order chi connectivity index (χ1) is 0. The fourth-order valence-electron chi connectivity index (χ4n) is 0. The molecule has 0 heterocycles. The minimum absolute atomic E-state index is 0. The molecule has 0 saturated heterocycles. The van der Waals surface area contributed by atoms with Crippen molar-refractivity contribution >= 4 is 42.9 Å². The third-order valence-electron chi connectivity index (χ3n) is 0. The van der Waals surface area contributed by atoms with Gasteiger partial charge in [-0.3, -0.25) is 0 Å². The summed E-state index contributed by atoms with van der Waals surface area (Å²) < 4.78 is 0. The van der Waals surface area contributed by atoms with Gasteiger partial charge in [-0.15, -0.1) is 0 Å². The molecule has 6 heavy (non-hydrogen) atoms. The van der Waals surface area contributed by atoms with Gasteiger partial charge in [0.15, 0.2) is 0 Å². The van der Waals surface area contributed by atoms with E-state index in [9.17, 15) is 0 Å². The van der Waals surface area contributed by atoms with Crippen LogP contribution in [0.1, 0.15) is 0 Å². The molecule has 2 atom stereocenters. The van der Waals surface area contributed by atoms with Gasteiger partial charge in [-0.1, -0.05) is 0 Å². The van der Waals surface area contributed by atoms with Crippen LogP contribution in [-0.4, -0.2) is 23.1 Å². The van der Waals surface area contributed by atoms with Gasteiger partial charge in [-0.05, 0) is 0 Å². The number of hydrogen-bond donors (Lipinski definition) is 0. The second-order valence-electron chi connectivity index (χ2n) is 0. The summed E-state index contributed by atoms with van der Waals surface area (Å²) in [7, 11) is 0. The summed E-state index contributed by atoms with van der Waals surface area (Å²) in [5, 5.41) is 0. The zero-order valence-electron chi connectivity index (χ0n) is 3.54. The maximum Gasteiger partial charge on any atom is 0.316 e. The molecule has 0 saturated carbocycles. The Kier molecular flexibility index (Phi) is 365. The van der Waals surface area contributed by atoms with Crippen LogP contribution in [0.3, 0.4) is 0 Å². The van der Waals surface area contributed by atoms with E-state index in [-0.39, 0.29) is 101 Å². The van der Waals surface area contributed by atoms with Crippen molar-refractivity contribution in [2.45, 2.75) is 0 Å². The molecule has 0 amide bonds. The van der Waals surface area contributed by atoms with Crippen molar-refractivity contribution < 1.29 is 58.4 Å². The second-order valence-corrected chi connectivity index (χ2v) is 0. The first-order valence-corrected chi connectivity index (χ1v) is 0. The summed E-state index contributed by atoms with van der Waals surface area (Å²) in [6, 6.07) is 0. The van der Waals surface area contributed by atoms with Crippen molar-refractivity contribution in [3.8, 4) is 0 Å². The quantitative estimate of drug-likeness (QED) is 0.404. The van der Waals surface area contributed by atoms with E-state index >= 15 is 0 Å². The molecule has 0 aromatic heterocycles. The molecule has 6 heteroatoms. The standard InChI is InChI=1S/Mg.2H3P.3Zn.2H/h;2*1H3;;;;;. The summed E-state index contributed by atoms with van der Waals surface area (Å²) in [6.45, 7) is 0. The zero-order chi connectivity index (χ0) is 0. The van der Waals surface area contributed by atoms with Gasteiger partial charge >= 0.3 is 23.1 Å². The second kappa shape index (κ2) is 39.1. The molecule has 0 aliphatic heterocycles. The van der Waals surface area contributed by atoms with Crippen LogP contribution >= 0.6 is 19.8 Å². The molecule has 0 N–H and O–H groups in total. The van der Waals surface area contributed by atoms with Crippen LogP contribution < -0.4 is 0 Å². The molecule has 0 nitrogen and oxygen atoms in total. The predicted molar refractivity (Wildman–Crippen MR) is 30.8 cm³/mol. The van der Waals surface area contributed by atoms with Crippen molar-refractivity contribution in [2.24, 2.45) is 0 Å². The van der Waals surface area contributed by atoms with E-state index in [0.717, 1.165) is 0 Å². The van der Waals surface area contributed by atoms with E-state index in [0.29, 0.717) is 0 Å². The van der Waals surface area contributed by atoms with Gasteiger partial charge in [0.05, 0.1) is 0 Å². The molecule has 0 spiro atoms. The van der Waals surface area contributed by atoms with Crippen LogP contribution in [0.5, 0.6) is 0 Å². The van der Waals surface area contributed by atoms with Crippen LogP contribution in [-0.2, 0) is 58.4 Å². The molecule has 0 aromatic carbocycles. The van der Waals surface area contributed by atoms with Gasteiger partial charge < -0.3 is 0 Å². The van der Waals surface area contributed by atoms with Crippen LogP contribution in [0, 0.1) is 0 Å². The van der Waals surface area contributed by atoms with Crippen LogP contribution in [0.15, 0.2) is 0 Å². The van der Waals surface area contributed by atoms with E-state index in [4.69, 9.17) is 0 Å². The average Bonchev–Trinajstić information content (AvgIpc) is 0. The first kappa shape index (κ1) is 56.1. The van der Waals surface area contributed by atoms with Crippen molar-refractivity contribution in [2.75, 3.05) is 0 Å². The molecule has 0 aliphatic carbocycles. The van der Waals surface area contributed by atoms with Gasteiger partial charge in [0.25, 0.3) is 0 Å². The fourth-order valence-corrected chi connectivity index (χ4v) is 0. The SMILES string of the molecule is P.P.[MgH2].[Zn].[Zn].[Zn]. The molecule has 2 unspecified atom stereocenters. The minimum Gasteiger partial charge on any atom is -0.153 e. The molecule has 0 radical (unpaired) electrons. The van der Waals surface area contributed by atoms with Crippen molar-refractivity contribution in [3.63, 3.8) is 0 Å². The van der Waals surface area contributed by atoms with Gasteiger partial charge in [0.1, 0.15) is 0 Å². The Hall–Kier alpha value is 3.50. The van der Waals surface area contributed by atoms with Gasteiger partial charge in [-0.25, -0.2) is 0 Å². The molecular formula is H8MgP2Zn3. The van der Waals surface area contributed by atoms with Gasteiger partial charge in [-0.2, -0.15) is 19.8 Å². The Morgan fingerprint density at radius 3 is 0.500 bits per heavy atom. The molecule has 0 rings (SSSR count). The normalized spacial score (nSPS) is 0. The predicted octanol–water partition coefficient (Wildman–Crippen LogP) is -0.808. The number of rotatable bonds is 0. The van der Waals surface area contributed by atoms with Crippen molar-refractivity contribution in [1.29, 1.82) is 0 Å². The molecular weight excluding hydrogens is 282 g/mol. The van der Waals surface area contributed by atoms with Crippen LogP contribution in [0.4, 0.5) is 0 Å². The monoisotopic (exact) mass is 286 g/mol. The van der Waals surface area contributed by atoms with Crippen molar-refractivity contribution in [1.82, 2.24) is 0 Å². The summed E-state index contributed by atoms with van der Waals surface area (Å²) in [6.07, 6.45) is 0. The first-order valence-electron chi connectivity index (χ1n) is 0. The van der Waals surface area contributed by atoms with Gasteiger partial charge in [0.2, 0.25) is 0 Å². The maximum atomic E-state index is 0. The molecule has 0 bridgehead atoms.